The van der Waals surface area contributed by atoms with Crippen molar-refractivity contribution in [2.45, 2.75) is 52.0 Å². The van der Waals surface area contributed by atoms with Crippen LogP contribution in [0.4, 0.5) is 5.69 Å². The highest BCUT2D eigenvalue weighted by Gasteiger charge is 2.22. The number of rotatable bonds is 2. The number of aromatic nitrogens is 2. The molecule has 0 radical (unpaired) electrons. The number of anilines is 1. The summed E-state index contributed by atoms with van der Waals surface area (Å²) >= 11 is 0. The summed E-state index contributed by atoms with van der Waals surface area (Å²) in [5, 5.41) is 9.67. The molecule has 1 saturated carbocycles. The molecule has 1 fully saturated rings. The van der Waals surface area contributed by atoms with Gasteiger partial charge in [0.1, 0.15) is 0 Å². The first-order chi connectivity index (χ1) is 9.49. The van der Waals surface area contributed by atoms with Crippen molar-refractivity contribution in [2.24, 2.45) is 7.05 Å². The van der Waals surface area contributed by atoms with Crippen molar-refractivity contribution < 1.29 is 9.59 Å². The van der Waals surface area contributed by atoms with Crippen LogP contribution in [-0.4, -0.2) is 27.6 Å². The number of nitrogens with one attached hydrogen (secondary N) is 2. The molecule has 0 saturated heterocycles. The van der Waals surface area contributed by atoms with E-state index in [2.05, 4.69) is 15.7 Å². The molecule has 0 atom stereocenters. The SMILES string of the molecule is Cc1nn(C)c(C)c1NC(=O)C(=O)NC1CCCCC1. The van der Waals surface area contributed by atoms with Crippen LogP contribution in [-0.2, 0) is 16.6 Å². The van der Waals surface area contributed by atoms with Gasteiger partial charge >= 0.3 is 11.8 Å². The maximum Gasteiger partial charge on any atom is 0.313 e. The Morgan fingerprint density at radius 2 is 1.80 bits per heavy atom. The minimum absolute atomic E-state index is 0.137. The van der Waals surface area contributed by atoms with E-state index < -0.39 is 11.8 Å². The van der Waals surface area contributed by atoms with Gasteiger partial charge in [-0.05, 0) is 26.7 Å². The topological polar surface area (TPSA) is 76.0 Å². The average molecular weight is 278 g/mol. The van der Waals surface area contributed by atoms with Crippen molar-refractivity contribution in [1.82, 2.24) is 15.1 Å². The van der Waals surface area contributed by atoms with Crippen molar-refractivity contribution in [3.63, 3.8) is 0 Å². The molecule has 0 unspecified atom stereocenters. The van der Waals surface area contributed by atoms with Crippen LogP contribution in [0, 0.1) is 13.8 Å². The molecule has 1 aromatic rings. The van der Waals surface area contributed by atoms with E-state index in [0.29, 0.717) is 11.4 Å². The molecule has 1 aliphatic rings. The Morgan fingerprint density at radius 1 is 1.15 bits per heavy atom. The molecule has 0 aliphatic heterocycles. The highest BCUT2D eigenvalue weighted by Crippen LogP contribution is 2.19. The van der Waals surface area contributed by atoms with Gasteiger partial charge in [0.25, 0.3) is 0 Å². The number of amides is 2. The van der Waals surface area contributed by atoms with Gasteiger partial charge in [-0.15, -0.1) is 0 Å². The third-order valence-corrected chi connectivity index (χ3v) is 3.89. The number of carbonyl (C=O) groups excluding carboxylic acids is 2. The summed E-state index contributed by atoms with van der Waals surface area (Å²) in [4.78, 5) is 23.8. The molecular formula is C14H22N4O2. The van der Waals surface area contributed by atoms with Gasteiger partial charge in [-0.2, -0.15) is 5.10 Å². The first kappa shape index (κ1) is 14.6. The molecule has 1 aromatic heterocycles. The van der Waals surface area contributed by atoms with Gasteiger partial charge in [0.05, 0.1) is 17.1 Å². The Hall–Kier alpha value is -1.85. The minimum atomic E-state index is -0.616. The first-order valence-electron chi connectivity index (χ1n) is 7.11. The molecule has 20 heavy (non-hydrogen) atoms. The summed E-state index contributed by atoms with van der Waals surface area (Å²) < 4.78 is 1.68. The minimum Gasteiger partial charge on any atom is -0.345 e. The van der Waals surface area contributed by atoms with Crippen LogP contribution in [0.2, 0.25) is 0 Å². The lowest BCUT2D eigenvalue weighted by molar-refractivity contribution is -0.136. The van der Waals surface area contributed by atoms with Crippen molar-refractivity contribution >= 4 is 17.5 Å². The first-order valence-corrected chi connectivity index (χ1v) is 7.11. The molecule has 0 spiro atoms. The van der Waals surface area contributed by atoms with Crippen LogP contribution in [0.25, 0.3) is 0 Å². The normalized spacial score (nSPS) is 15.9. The second-order valence-corrected chi connectivity index (χ2v) is 5.43. The van der Waals surface area contributed by atoms with Crippen molar-refractivity contribution in [3.05, 3.63) is 11.4 Å². The number of hydrogen-bond acceptors (Lipinski definition) is 3. The average Bonchev–Trinajstić information content (AvgIpc) is 2.66. The number of hydrogen-bond donors (Lipinski definition) is 2. The zero-order valence-electron chi connectivity index (χ0n) is 12.3. The summed E-state index contributed by atoms with van der Waals surface area (Å²) in [6.07, 6.45) is 5.38. The van der Waals surface area contributed by atoms with Crippen molar-refractivity contribution in [2.75, 3.05) is 5.32 Å². The van der Waals surface area contributed by atoms with Crippen molar-refractivity contribution in [3.8, 4) is 0 Å². The predicted molar refractivity (Wildman–Crippen MR) is 76.3 cm³/mol. The van der Waals surface area contributed by atoms with E-state index in [1.165, 1.54) is 6.42 Å². The summed E-state index contributed by atoms with van der Waals surface area (Å²) in [5.41, 5.74) is 2.17. The largest absolute Gasteiger partial charge is 0.345 e. The van der Waals surface area contributed by atoms with E-state index >= 15 is 0 Å². The molecule has 0 bridgehead atoms. The van der Waals surface area contributed by atoms with Crippen molar-refractivity contribution in [1.29, 1.82) is 0 Å². The van der Waals surface area contributed by atoms with Crippen LogP contribution in [0.3, 0.4) is 0 Å². The van der Waals surface area contributed by atoms with Gasteiger partial charge in [0, 0.05) is 13.1 Å². The van der Waals surface area contributed by atoms with Gasteiger partial charge in [-0.3, -0.25) is 14.3 Å². The predicted octanol–water partition coefficient (Wildman–Crippen LogP) is 1.42. The summed E-state index contributed by atoms with van der Waals surface area (Å²) in [6.45, 7) is 3.66. The third-order valence-electron chi connectivity index (χ3n) is 3.89. The molecule has 2 amide bonds. The Balaban J connectivity index is 1.95. The Morgan fingerprint density at radius 3 is 2.35 bits per heavy atom. The quantitative estimate of drug-likeness (QED) is 0.803. The molecule has 2 rings (SSSR count). The molecule has 1 heterocycles. The summed E-state index contributed by atoms with van der Waals surface area (Å²) in [6, 6.07) is 0.137. The Labute approximate surface area is 118 Å². The van der Waals surface area contributed by atoms with E-state index in [9.17, 15) is 9.59 Å². The maximum absolute atomic E-state index is 11.9. The van der Waals surface area contributed by atoms with E-state index in [1.54, 1.807) is 11.7 Å². The zero-order valence-corrected chi connectivity index (χ0v) is 12.3. The molecule has 0 aromatic carbocycles. The van der Waals surface area contributed by atoms with Gasteiger partial charge in [-0.1, -0.05) is 19.3 Å². The maximum atomic E-state index is 11.9. The fourth-order valence-corrected chi connectivity index (χ4v) is 2.62. The lowest BCUT2D eigenvalue weighted by Crippen LogP contribution is -2.42. The number of aryl methyl sites for hydroxylation is 2. The standard InChI is InChI=1S/C14H22N4O2/c1-9-12(10(2)18(3)17-9)16-14(20)13(19)15-11-7-5-4-6-8-11/h11H,4-8H2,1-3H3,(H,15,19)(H,16,20). The van der Waals surface area contributed by atoms with Crippen LogP contribution in [0.1, 0.15) is 43.5 Å². The third kappa shape index (κ3) is 3.18. The van der Waals surface area contributed by atoms with E-state index in [4.69, 9.17) is 0 Å². The van der Waals surface area contributed by atoms with E-state index in [-0.39, 0.29) is 6.04 Å². The molecule has 110 valence electrons. The van der Waals surface area contributed by atoms with E-state index in [1.807, 2.05) is 13.8 Å². The fourth-order valence-electron chi connectivity index (χ4n) is 2.62. The second kappa shape index (κ2) is 6.07. The molecule has 1 aliphatic carbocycles. The van der Waals surface area contributed by atoms with Gasteiger partial charge < -0.3 is 10.6 Å². The lowest BCUT2D eigenvalue weighted by Gasteiger charge is -2.22. The monoisotopic (exact) mass is 278 g/mol. The number of carbonyl (C=O) groups is 2. The molecule has 6 heteroatoms. The summed E-state index contributed by atoms with van der Waals surface area (Å²) in [5.74, 6) is -1.17. The Kier molecular flexibility index (Phi) is 4.42. The van der Waals surface area contributed by atoms with Crippen LogP contribution < -0.4 is 10.6 Å². The lowest BCUT2D eigenvalue weighted by atomic mass is 9.95. The molecular weight excluding hydrogens is 256 g/mol. The second-order valence-electron chi connectivity index (χ2n) is 5.43. The Bertz CT molecular complexity index is 515. The van der Waals surface area contributed by atoms with Crippen LogP contribution >= 0.6 is 0 Å². The van der Waals surface area contributed by atoms with Gasteiger partial charge in [-0.25, -0.2) is 0 Å². The van der Waals surface area contributed by atoms with E-state index in [0.717, 1.165) is 31.4 Å². The summed E-state index contributed by atoms with van der Waals surface area (Å²) in [7, 11) is 1.81. The molecule has 2 N–H and O–H groups in total. The highest BCUT2D eigenvalue weighted by molar-refractivity contribution is 6.39. The van der Waals surface area contributed by atoms with Crippen LogP contribution in [0.15, 0.2) is 0 Å². The van der Waals surface area contributed by atoms with Crippen LogP contribution in [0.5, 0.6) is 0 Å². The fraction of sp³-hybridized carbons (Fsp3) is 0.643. The zero-order chi connectivity index (χ0) is 14.7. The smallest absolute Gasteiger partial charge is 0.313 e. The number of nitrogens with zero attached hydrogens (tertiary/aromatic N) is 2. The van der Waals surface area contributed by atoms with Gasteiger partial charge in [0.15, 0.2) is 0 Å². The van der Waals surface area contributed by atoms with Gasteiger partial charge in [0.2, 0.25) is 0 Å². The highest BCUT2D eigenvalue weighted by atomic mass is 16.2. The molecule has 6 nitrogen and oxygen atoms in total.